The Morgan fingerprint density at radius 2 is 2.16 bits per heavy atom. The maximum absolute atomic E-state index is 13.3. The lowest BCUT2D eigenvalue weighted by atomic mass is 10.2. The molecule has 1 atom stereocenters. The topological polar surface area (TPSA) is 74.2 Å². The highest BCUT2D eigenvalue weighted by molar-refractivity contribution is 5.85. The van der Waals surface area contributed by atoms with E-state index < -0.39 is 5.82 Å². The van der Waals surface area contributed by atoms with Gasteiger partial charge in [0, 0.05) is 12.5 Å². The highest BCUT2D eigenvalue weighted by Gasteiger charge is 2.09. The number of benzene rings is 1. The van der Waals surface area contributed by atoms with Crippen LogP contribution >= 0.6 is 12.4 Å². The van der Waals surface area contributed by atoms with Gasteiger partial charge in [-0.1, -0.05) is 17.3 Å². The van der Waals surface area contributed by atoms with E-state index in [9.17, 15) is 4.39 Å². The number of aromatic nitrogens is 2. The van der Waals surface area contributed by atoms with Crippen molar-refractivity contribution in [3.8, 4) is 5.75 Å². The minimum Gasteiger partial charge on any atom is -0.482 e. The molecule has 0 spiro atoms. The number of nitrogens with two attached hydrogens (primary N) is 1. The van der Waals surface area contributed by atoms with Gasteiger partial charge in [0.2, 0.25) is 11.7 Å². The van der Waals surface area contributed by atoms with Gasteiger partial charge in [-0.15, -0.1) is 12.4 Å². The number of hydrogen-bond acceptors (Lipinski definition) is 5. The summed E-state index contributed by atoms with van der Waals surface area (Å²) in [4.78, 5) is 4.09. The summed E-state index contributed by atoms with van der Waals surface area (Å²) in [6.07, 6.45) is 0.507. The standard InChI is InChI=1S/C12H14FN3O2.ClH/c1-8(14)6-12-15-11(16-18-12)7-17-10-5-3-2-4-9(10)13;/h2-5,8H,6-7,14H2,1H3;1H. The molecule has 104 valence electrons. The molecule has 0 aliphatic carbocycles. The van der Waals surface area contributed by atoms with Gasteiger partial charge in [-0.3, -0.25) is 0 Å². The average molecular weight is 288 g/mol. The molecule has 0 bridgehead atoms. The second-order valence-corrected chi connectivity index (χ2v) is 4.00. The largest absolute Gasteiger partial charge is 0.482 e. The number of rotatable bonds is 5. The molecule has 5 nitrogen and oxygen atoms in total. The van der Waals surface area contributed by atoms with Crippen molar-refractivity contribution < 1.29 is 13.7 Å². The molecule has 1 unspecified atom stereocenters. The lowest BCUT2D eigenvalue weighted by molar-refractivity contribution is 0.272. The Hall–Kier alpha value is -1.66. The van der Waals surface area contributed by atoms with Crippen LogP contribution in [0.5, 0.6) is 5.75 Å². The van der Waals surface area contributed by atoms with Crippen molar-refractivity contribution in [2.75, 3.05) is 0 Å². The zero-order valence-electron chi connectivity index (χ0n) is 10.4. The molecule has 19 heavy (non-hydrogen) atoms. The van der Waals surface area contributed by atoms with E-state index in [-0.39, 0.29) is 30.8 Å². The first-order valence-electron chi connectivity index (χ1n) is 5.59. The van der Waals surface area contributed by atoms with Crippen LogP contribution in [0.3, 0.4) is 0 Å². The van der Waals surface area contributed by atoms with Gasteiger partial charge in [0.1, 0.15) is 0 Å². The smallest absolute Gasteiger partial charge is 0.228 e. The van der Waals surface area contributed by atoms with Crippen LogP contribution in [0.15, 0.2) is 28.8 Å². The van der Waals surface area contributed by atoms with E-state index in [1.807, 2.05) is 6.92 Å². The average Bonchev–Trinajstić information content (AvgIpc) is 2.75. The number of hydrogen-bond donors (Lipinski definition) is 1. The third kappa shape index (κ3) is 4.50. The summed E-state index contributed by atoms with van der Waals surface area (Å²) < 4.78 is 23.5. The summed E-state index contributed by atoms with van der Waals surface area (Å²) in [5, 5.41) is 3.72. The number of ether oxygens (including phenoxy) is 1. The molecule has 0 fully saturated rings. The van der Waals surface area contributed by atoms with Crippen LogP contribution in [0.2, 0.25) is 0 Å². The predicted octanol–water partition coefficient (Wildman–Crippen LogP) is 2.10. The first kappa shape index (κ1) is 15.4. The van der Waals surface area contributed by atoms with Gasteiger partial charge in [0.05, 0.1) is 0 Å². The molecule has 0 radical (unpaired) electrons. The van der Waals surface area contributed by atoms with Crippen LogP contribution in [-0.2, 0) is 13.0 Å². The zero-order valence-corrected chi connectivity index (χ0v) is 11.2. The first-order valence-corrected chi connectivity index (χ1v) is 5.59. The van der Waals surface area contributed by atoms with E-state index in [1.54, 1.807) is 12.1 Å². The van der Waals surface area contributed by atoms with Gasteiger partial charge in [-0.25, -0.2) is 4.39 Å². The molecule has 0 saturated carbocycles. The van der Waals surface area contributed by atoms with Gasteiger partial charge < -0.3 is 15.0 Å². The fourth-order valence-electron chi connectivity index (χ4n) is 1.41. The van der Waals surface area contributed by atoms with Gasteiger partial charge in [0.15, 0.2) is 18.2 Å². The van der Waals surface area contributed by atoms with Gasteiger partial charge in [0.25, 0.3) is 0 Å². The van der Waals surface area contributed by atoms with E-state index in [4.69, 9.17) is 15.0 Å². The molecule has 0 aliphatic heterocycles. The van der Waals surface area contributed by atoms with Crippen molar-refractivity contribution in [1.82, 2.24) is 10.1 Å². The summed E-state index contributed by atoms with van der Waals surface area (Å²) in [7, 11) is 0. The van der Waals surface area contributed by atoms with Crippen molar-refractivity contribution in [1.29, 1.82) is 0 Å². The molecule has 1 aromatic carbocycles. The quantitative estimate of drug-likeness (QED) is 0.911. The molecule has 0 amide bonds. The SMILES string of the molecule is CC(N)Cc1nc(COc2ccccc2F)no1.Cl. The summed E-state index contributed by atoms with van der Waals surface area (Å²) in [5.74, 6) is 0.568. The summed E-state index contributed by atoms with van der Waals surface area (Å²) >= 11 is 0. The second kappa shape index (κ2) is 7.06. The van der Waals surface area contributed by atoms with Crippen LogP contribution in [0, 0.1) is 5.82 Å². The lowest BCUT2D eigenvalue weighted by Crippen LogP contribution is -2.17. The van der Waals surface area contributed by atoms with Crippen molar-refractivity contribution in [3.63, 3.8) is 0 Å². The Balaban J connectivity index is 0.00000180. The molecule has 7 heteroatoms. The summed E-state index contributed by atoms with van der Waals surface area (Å²) in [6, 6.07) is 6.10. The maximum Gasteiger partial charge on any atom is 0.228 e. The van der Waals surface area contributed by atoms with Gasteiger partial charge >= 0.3 is 0 Å². The van der Waals surface area contributed by atoms with E-state index in [2.05, 4.69) is 10.1 Å². The van der Waals surface area contributed by atoms with Gasteiger partial charge in [-0.2, -0.15) is 4.98 Å². The van der Waals surface area contributed by atoms with E-state index in [0.717, 1.165) is 0 Å². The number of halogens is 2. The zero-order chi connectivity index (χ0) is 13.0. The third-order valence-electron chi connectivity index (χ3n) is 2.20. The van der Waals surface area contributed by atoms with Crippen LogP contribution < -0.4 is 10.5 Å². The highest BCUT2D eigenvalue weighted by Crippen LogP contribution is 2.16. The second-order valence-electron chi connectivity index (χ2n) is 4.00. The molecule has 1 aromatic heterocycles. The summed E-state index contributed by atoms with van der Waals surface area (Å²) in [6.45, 7) is 1.91. The van der Waals surface area contributed by atoms with Gasteiger partial charge in [-0.05, 0) is 19.1 Å². The molecular weight excluding hydrogens is 273 g/mol. The Kier molecular flexibility index (Phi) is 5.72. The molecule has 2 N–H and O–H groups in total. The molecule has 0 saturated heterocycles. The number of nitrogens with zero attached hydrogens (tertiary/aromatic N) is 2. The van der Waals surface area contributed by atoms with Crippen LogP contribution in [0.25, 0.3) is 0 Å². The van der Waals surface area contributed by atoms with Crippen LogP contribution in [0.1, 0.15) is 18.6 Å². The minimum atomic E-state index is -0.420. The summed E-state index contributed by atoms with van der Waals surface area (Å²) in [5.41, 5.74) is 5.61. The third-order valence-corrected chi connectivity index (χ3v) is 2.20. The molecule has 2 aromatic rings. The Morgan fingerprint density at radius 1 is 1.42 bits per heavy atom. The fraction of sp³-hybridized carbons (Fsp3) is 0.333. The number of para-hydroxylation sites is 1. The van der Waals surface area contributed by atoms with Crippen LogP contribution in [-0.4, -0.2) is 16.2 Å². The Bertz CT molecular complexity index is 519. The first-order chi connectivity index (χ1) is 8.65. The molecule has 0 aliphatic rings. The molecule has 1 heterocycles. The fourth-order valence-corrected chi connectivity index (χ4v) is 1.41. The van der Waals surface area contributed by atoms with Crippen LogP contribution in [0.4, 0.5) is 4.39 Å². The van der Waals surface area contributed by atoms with Crippen molar-refractivity contribution >= 4 is 12.4 Å². The highest BCUT2D eigenvalue weighted by atomic mass is 35.5. The predicted molar refractivity (Wildman–Crippen MR) is 69.6 cm³/mol. The van der Waals surface area contributed by atoms with Crippen molar-refractivity contribution in [3.05, 3.63) is 41.8 Å². The van der Waals surface area contributed by atoms with E-state index in [0.29, 0.717) is 18.1 Å². The normalized spacial score (nSPS) is 11.7. The molecular formula is C12H15ClFN3O2. The molecule has 2 rings (SSSR count). The monoisotopic (exact) mass is 287 g/mol. The maximum atomic E-state index is 13.3. The minimum absolute atomic E-state index is 0. The Morgan fingerprint density at radius 3 is 2.84 bits per heavy atom. The Labute approximate surface area is 116 Å². The lowest BCUT2D eigenvalue weighted by Gasteiger charge is -2.03. The van der Waals surface area contributed by atoms with Crippen molar-refractivity contribution in [2.45, 2.75) is 26.0 Å². The van der Waals surface area contributed by atoms with E-state index >= 15 is 0 Å². The van der Waals surface area contributed by atoms with E-state index in [1.165, 1.54) is 12.1 Å². The van der Waals surface area contributed by atoms with Crippen molar-refractivity contribution in [2.24, 2.45) is 5.73 Å².